The molecule has 0 amide bonds. The Morgan fingerprint density at radius 3 is 1.76 bits per heavy atom. The largest absolute Gasteiger partial charge is 0.488 e. The van der Waals surface area contributed by atoms with Crippen LogP contribution >= 0.6 is 23.5 Å². The first kappa shape index (κ1) is 25.3. The summed E-state index contributed by atoms with van der Waals surface area (Å²) in [6, 6.07) is 17.7. The third-order valence-corrected chi connectivity index (χ3v) is 6.83. The van der Waals surface area contributed by atoms with Crippen molar-refractivity contribution in [2.24, 2.45) is 0 Å². The fourth-order valence-electron chi connectivity index (χ4n) is 3.06. The normalized spacial score (nSPS) is 10.7. The SMILES string of the molecule is CC(C)Oc1c(C#N)c(C#N)c(OC(C)C)c(Sc2ccccc2N)c1Sc1ccc(F)cc1. The van der Waals surface area contributed by atoms with Crippen molar-refractivity contribution in [3.63, 3.8) is 0 Å². The Morgan fingerprint density at radius 2 is 1.29 bits per heavy atom. The summed E-state index contributed by atoms with van der Waals surface area (Å²) >= 11 is 2.65. The van der Waals surface area contributed by atoms with Crippen molar-refractivity contribution in [2.75, 3.05) is 5.73 Å². The Hall–Kier alpha value is -3.33. The molecule has 0 fully saturated rings. The standard InChI is InChI=1S/C26H24FN3O2S2/c1-15(2)31-23-19(13-28)20(14-29)24(32-16(3)4)26(34-22-8-6-5-7-21(22)30)25(23)33-18-11-9-17(27)10-12-18/h5-12,15-16H,30H2,1-4H3. The minimum Gasteiger partial charge on any atom is -0.488 e. The number of anilines is 1. The fraction of sp³-hybridized carbons (Fsp3) is 0.231. The van der Waals surface area contributed by atoms with Gasteiger partial charge in [0, 0.05) is 15.5 Å². The fourth-order valence-corrected chi connectivity index (χ4v) is 5.23. The van der Waals surface area contributed by atoms with Crippen LogP contribution in [0, 0.1) is 28.5 Å². The molecule has 0 unspecified atom stereocenters. The summed E-state index contributed by atoms with van der Waals surface area (Å²) in [5, 5.41) is 20.1. The van der Waals surface area contributed by atoms with Gasteiger partial charge in [0.15, 0.2) is 11.5 Å². The molecule has 5 nitrogen and oxygen atoms in total. The number of hydrogen-bond donors (Lipinski definition) is 1. The molecule has 0 aliphatic rings. The number of nitriles is 2. The van der Waals surface area contributed by atoms with Crippen LogP contribution in [0.25, 0.3) is 0 Å². The van der Waals surface area contributed by atoms with E-state index in [2.05, 4.69) is 12.1 Å². The minimum absolute atomic E-state index is 0.0989. The molecule has 0 aliphatic heterocycles. The van der Waals surface area contributed by atoms with Crippen LogP contribution < -0.4 is 15.2 Å². The minimum atomic E-state index is -0.351. The van der Waals surface area contributed by atoms with Gasteiger partial charge in [-0.05, 0) is 64.1 Å². The van der Waals surface area contributed by atoms with Crippen molar-refractivity contribution in [2.45, 2.75) is 59.5 Å². The second-order valence-electron chi connectivity index (χ2n) is 7.82. The Morgan fingerprint density at radius 1 is 0.794 bits per heavy atom. The average Bonchev–Trinajstić information content (AvgIpc) is 2.79. The van der Waals surface area contributed by atoms with Gasteiger partial charge in [-0.3, -0.25) is 0 Å². The molecule has 0 saturated heterocycles. The number of para-hydroxylation sites is 1. The van der Waals surface area contributed by atoms with Gasteiger partial charge in [0.1, 0.15) is 29.1 Å². The summed E-state index contributed by atoms with van der Waals surface area (Å²) in [6.07, 6.45) is -0.519. The molecule has 0 spiro atoms. The predicted octanol–water partition coefficient (Wildman–Crippen LogP) is 7.03. The lowest BCUT2D eigenvalue weighted by atomic mass is 10.1. The third-order valence-electron chi connectivity index (χ3n) is 4.42. The van der Waals surface area contributed by atoms with E-state index in [1.807, 2.05) is 45.9 Å². The molecule has 174 valence electrons. The van der Waals surface area contributed by atoms with Gasteiger partial charge in [-0.15, -0.1) is 0 Å². The van der Waals surface area contributed by atoms with E-state index in [0.29, 0.717) is 21.2 Å². The van der Waals surface area contributed by atoms with Crippen molar-refractivity contribution in [1.82, 2.24) is 0 Å². The van der Waals surface area contributed by atoms with Crippen molar-refractivity contribution >= 4 is 29.2 Å². The maximum Gasteiger partial charge on any atom is 0.154 e. The van der Waals surface area contributed by atoms with Gasteiger partial charge < -0.3 is 15.2 Å². The molecular formula is C26H24FN3O2S2. The first-order chi connectivity index (χ1) is 16.2. The summed E-state index contributed by atoms with van der Waals surface area (Å²) in [5.41, 5.74) is 6.99. The molecular weight excluding hydrogens is 469 g/mol. The molecule has 3 aromatic carbocycles. The molecule has 0 saturated carbocycles. The van der Waals surface area contributed by atoms with Crippen LogP contribution in [0.1, 0.15) is 38.8 Å². The van der Waals surface area contributed by atoms with E-state index >= 15 is 0 Å². The highest BCUT2D eigenvalue weighted by Crippen LogP contribution is 2.53. The number of ether oxygens (including phenoxy) is 2. The molecule has 0 radical (unpaired) electrons. The number of rotatable bonds is 8. The van der Waals surface area contributed by atoms with Gasteiger partial charge in [-0.25, -0.2) is 4.39 Å². The summed E-state index contributed by atoms with van der Waals surface area (Å²) in [4.78, 5) is 2.70. The monoisotopic (exact) mass is 493 g/mol. The van der Waals surface area contributed by atoms with Crippen molar-refractivity contribution < 1.29 is 13.9 Å². The first-order valence-corrected chi connectivity index (χ1v) is 12.2. The average molecular weight is 494 g/mol. The molecule has 0 atom stereocenters. The van der Waals surface area contributed by atoms with Gasteiger partial charge in [0.05, 0.1) is 22.0 Å². The number of nitrogens with zero attached hydrogens (tertiary/aromatic N) is 2. The Labute approximate surface area is 207 Å². The Balaban J connectivity index is 2.38. The van der Waals surface area contributed by atoms with Crippen LogP contribution in [0.15, 0.2) is 68.1 Å². The highest BCUT2D eigenvalue weighted by atomic mass is 32.2. The summed E-state index contributed by atoms with van der Waals surface area (Å²) in [6.45, 7) is 7.40. The van der Waals surface area contributed by atoms with Crippen LogP contribution in [-0.4, -0.2) is 12.2 Å². The van der Waals surface area contributed by atoms with Gasteiger partial charge in [0.25, 0.3) is 0 Å². The second kappa shape index (κ2) is 11.2. The Bertz CT molecular complexity index is 1260. The third kappa shape index (κ3) is 5.77. The van der Waals surface area contributed by atoms with Crippen LogP contribution in [0.3, 0.4) is 0 Å². The molecule has 0 aromatic heterocycles. The zero-order valence-corrected chi connectivity index (χ0v) is 20.9. The molecule has 8 heteroatoms. The van der Waals surface area contributed by atoms with E-state index in [9.17, 15) is 14.9 Å². The predicted molar refractivity (Wildman–Crippen MR) is 133 cm³/mol. The lowest BCUT2D eigenvalue weighted by molar-refractivity contribution is 0.223. The molecule has 0 heterocycles. The van der Waals surface area contributed by atoms with E-state index in [4.69, 9.17) is 15.2 Å². The van der Waals surface area contributed by atoms with Gasteiger partial charge in [0.2, 0.25) is 0 Å². The number of hydrogen-bond acceptors (Lipinski definition) is 7. The highest BCUT2D eigenvalue weighted by molar-refractivity contribution is 8.02. The van der Waals surface area contributed by atoms with Gasteiger partial charge in [-0.1, -0.05) is 35.7 Å². The molecule has 0 bridgehead atoms. The molecule has 34 heavy (non-hydrogen) atoms. The van der Waals surface area contributed by atoms with E-state index < -0.39 is 0 Å². The topological polar surface area (TPSA) is 92.1 Å². The van der Waals surface area contributed by atoms with Crippen LogP contribution in [0.2, 0.25) is 0 Å². The van der Waals surface area contributed by atoms with Crippen molar-refractivity contribution in [3.05, 3.63) is 65.5 Å². The zero-order chi connectivity index (χ0) is 24.8. The number of halogens is 1. The quantitative estimate of drug-likeness (QED) is 0.337. The first-order valence-electron chi connectivity index (χ1n) is 10.6. The van der Waals surface area contributed by atoms with E-state index in [1.54, 1.807) is 18.2 Å². The van der Waals surface area contributed by atoms with E-state index in [0.717, 1.165) is 9.79 Å². The van der Waals surface area contributed by atoms with Crippen LogP contribution in [0.4, 0.5) is 10.1 Å². The van der Waals surface area contributed by atoms with E-state index in [1.165, 1.54) is 35.7 Å². The molecule has 2 N–H and O–H groups in total. The maximum atomic E-state index is 13.6. The summed E-state index contributed by atoms with van der Waals surface area (Å²) in [7, 11) is 0. The summed E-state index contributed by atoms with van der Waals surface area (Å²) < 4.78 is 25.8. The van der Waals surface area contributed by atoms with Crippen molar-refractivity contribution in [1.29, 1.82) is 10.5 Å². The number of nitrogen functional groups attached to an aromatic ring is 1. The van der Waals surface area contributed by atoms with E-state index in [-0.39, 0.29) is 34.9 Å². The van der Waals surface area contributed by atoms with Crippen LogP contribution in [-0.2, 0) is 0 Å². The zero-order valence-electron chi connectivity index (χ0n) is 19.3. The second-order valence-corrected chi connectivity index (χ2v) is 9.96. The number of nitrogens with two attached hydrogens (primary N) is 1. The van der Waals surface area contributed by atoms with Gasteiger partial charge in [-0.2, -0.15) is 10.5 Å². The smallest absolute Gasteiger partial charge is 0.154 e. The number of benzene rings is 3. The molecule has 0 aliphatic carbocycles. The molecule has 3 aromatic rings. The lowest BCUT2D eigenvalue weighted by Crippen LogP contribution is -2.13. The van der Waals surface area contributed by atoms with Crippen molar-refractivity contribution in [3.8, 4) is 23.6 Å². The Kier molecular flexibility index (Phi) is 8.33. The van der Waals surface area contributed by atoms with Crippen LogP contribution in [0.5, 0.6) is 11.5 Å². The summed E-state index contributed by atoms with van der Waals surface area (Å²) in [5.74, 6) is 0.232. The lowest BCUT2D eigenvalue weighted by Gasteiger charge is -2.24. The highest BCUT2D eigenvalue weighted by Gasteiger charge is 2.29. The van der Waals surface area contributed by atoms with Gasteiger partial charge >= 0.3 is 0 Å². The molecule has 3 rings (SSSR count). The maximum absolute atomic E-state index is 13.6.